The van der Waals surface area contributed by atoms with Crippen LogP contribution in [0.3, 0.4) is 0 Å². The van der Waals surface area contributed by atoms with Gasteiger partial charge in [0.25, 0.3) is 5.78 Å². The van der Waals surface area contributed by atoms with Gasteiger partial charge in [-0.3, -0.25) is 14.5 Å². The van der Waals surface area contributed by atoms with Crippen LogP contribution in [0.2, 0.25) is 5.02 Å². The van der Waals surface area contributed by atoms with E-state index in [9.17, 15) is 19.5 Å². The third-order valence-corrected chi connectivity index (χ3v) is 9.16. The molecule has 10 nitrogen and oxygen atoms in total. The quantitative estimate of drug-likeness (QED) is 0.0677. The molecule has 3 heterocycles. The monoisotopic (exact) mass is 635 g/mol. The lowest BCUT2D eigenvalue weighted by molar-refractivity contribution is -0.132. The first-order chi connectivity index (χ1) is 20.8. The van der Waals surface area contributed by atoms with Gasteiger partial charge in [0.05, 0.1) is 24.3 Å². The Kier molecular flexibility index (Phi) is 8.06. The normalized spacial score (nSPS) is 17.3. The first-order valence-corrected chi connectivity index (χ1v) is 15.1. The summed E-state index contributed by atoms with van der Waals surface area (Å²) in [5.74, 6) is -1.17. The number of aliphatic hydroxyl groups excluding tert-OH is 1. The molecular weight excluding hydrogens is 614 g/mol. The Morgan fingerprint density at radius 3 is 2.44 bits per heavy atom. The van der Waals surface area contributed by atoms with E-state index in [-0.39, 0.29) is 27.6 Å². The minimum absolute atomic E-state index is 0.141. The minimum atomic E-state index is -1.05. The molecule has 6 rings (SSSR count). The van der Waals surface area contributed by atoms with Crippen molar-refractivity contribution in [2.24, 2.45) is 0 Å². The van der Waals surface area contributed by atoms with Gasteiger partial charge in [-0.2, -0.15) is 0 Å². The topological polar surface area (TPSA) is 128 Å². The number of hydrogen-bond donors (Lipinski definition) is 1. The molecule has 1 N–H and O–H groups in total. The van der Waals surface area contributed by atoms with Gasteiger partial charge in [-0.15, -0.1) is 10.2 Å². The number of nitrogens with zero attached hydrogens (tertiary/aromatic N) is 3. The van der Waals surface area contributed by atoms with Crippen LogP contribution in [0.15, 0.2) is 76.6 Å². The van der Waals surface area contributed by atoms with Crippen molar-refractivity contribution in [3.8, 4) is 11.5 Å². The van der Waals surface area contributed by atoms with E-state index < -0.39 is 23.7 Å². The average Bonchev–Trinajstić information content (AvgIpc) is 3.61. The summed E-state index contributed by atoms with van der Waals surface area (Å²) in [7, 11) is 1.27. The van der Waals surface area contributed by atoms with Gasteiger partial charge in [-0.05, 0) is 53.6 Å². The van der Waals surface area contributed by atoms with Crippen molar-refractivity contribution in [2.45, 2.75) is 16.1 Å². The van der Waals surface area contributed by atoms with E-state index in [0.717, 1.165) is 16.9 Å². The van der Waals surface area contributed by atoms with Crippen LogP contribution < -0.4 is 14.4 Å². The predicted octanol–water partition coefficient (Wildman–Crippen LogP) is 5.67. The largest absolute Gasteiger partial charge is 0.507 e. The lowest BCUT2D eigenvalue weighted by Gasteiger charge is -2.23. The van der Waals surface area contributed by atoms with Crippen molar-refractivity contribution in [1.29, 1.82) is 0 Å². The average molecular weight is 636 g/mol. The van der Waals surface area contributed by atoms with Crippen molar-refractivity contribution < 1.29 is 33.7 Å². The summed E-state index contributed by atoms with van der Waals surface area (Å²) in [6.07, 6.45) is 0. The van der Waals surface area contributed by atoms with Crippen molar-refractivity contribution in [3.05, 3.63) is 99.6 Å². The molecule has 1 atom stereocenters. The SMILES string of the molecule is COC(=O)c1ccc(C2C(=C(O)c3ccc4c(c3)OCCO4)C(=O)C(=O)N2c2nnc(SCc3ccc(Cl)cc3)s2)cc1. The van der Waals surface area contributed by atoms with Crippen LogP contribution in [0.1, 0.15) is 33.1 Å². The summed E-state index contributed by atoms with van der Waals surface area (Å²) in [4.78, 5) is 40.4. The summed E-state index contributed by atoms with van der Waals surface area (Å²) in [6.45, 7) is 0.733. The molecular formula is C30H22ClN3O7S2. The van der Waals surface area contributed by atoms with Gasteiger partial charge in [0.1, 0.15) is 19.0 Å². The van der Waals surface area contributed by atoms with Gasteiger partial charge in [-0.1, -0.05) is 59.0 Å². The molecule has 0 spiro atoms. The summed E-state index contributed by atoms with van der Waals surface area (Å²) < 4.78 is 16.6. The Hall–Kier alpha value is -4.39. The van der Waals surface area contributed by atoms with Crippen LogP contribution in [0, 0.1) is 0 Å². The summed E-state index contributed by atoms with van der Waals surface area (Å²) in [5, 5.41) is 20.8. The molecule has 43 heavy (non-hydrogen) atoms. The number of fused-ring (bicyclic) bond motifs is 1. The number of benzene rings is 3. The van der Waals surface area contributed by atoms with Gasteiger partial charge >= 0.3 is 11.9 Å². The van der Waals surface area contributed by atoms with Crippen LogP contribution >= 0.6 is 34.7 Å². The Balaban J connectivity index is 1.39. The van der Waals surface area contributed by atoms with Crippen LogP contribution in [-0.2, 0) is 20.1 Å². The van der Waals surface area contributed by atoms with Crippen LogP contribution in [-0.4, -0.2) is 53.3 Å². The molecule has 4 aromatic rings. The number of carbonyl (C=O) groups excluding carboxylic acids is 3. The molecule has 1 saturated heterocycles. The molecule has 0 aliphatic carbocycles. The van der Waals surface area contributed by atoms with Crippen molar-refractivity contribution in [2.75, 3.05) is 25.2 Å². The lowest BCUT2D eigenvalue weighted by Crippen LogP contribution is -2.29. The predicted molar refractivity (Wildman–Crippen MR) is 161 cm³/mol. The van der Waals surface area contributed by atoms with E-state index in [4.69, 9.17) is 25.8 Å². The number of Topliss-reactive ketones (excluding diaryl/α,β-unsaturated/α-hetero) is 1. The molecule has 218 valence electrons. The molecule has 1 fully saturated rings. The maximum absolute atomic E-state index is 13.5. The second kappa shape index (κ2) is 12.1. The minimum Gasteiger partial charge on any atom is -0.507 e. The van der Waals surface area contributed by atoms with E-state index in [1.807, 2.05) is 12.1 Å². The summed E-state index contributed by atoms with van der Waals surface area (Å²) in [6, 6.07) is 17.4. The van der Waals surface area contributed by atoms with E-state index in [1.165, 1.54) is 35.9 Å². The van der Waals surface area contributed by atoms with Crippen LogP contribution in [0.5, 0.6) is 11.5 Å². The fraction of sp³-hybridized carbons (Fsp3) is 0.167. The Bertz CT molecular complexity index is 1760. The highest BCUT2D eigenvalue weighted by molar-refractivity contribution is 8.00. The number of rotatable bonds is 7. The fourth-order valence-electron chi connectivity index (χ4n) is 4.69. The standard InChI is InChI=1S/C30H22ClN3O7S2/c1-39-28(38)18-6-4-17(5-7-18)24-23(25(35)19-8-11-21-22(14-19)41-13-12-40-21)26(36)27(37)34(24)29-32-33-30(43-29)42-15-16-2-9-20(31)10-3-16/h2-11,14,24,35H,12-13,15H2,1H3. The van der Waals surface area contributed by atoms with Crippen molar-refractivity contribution in [3.63, 3.8) is 0 Å². The zero-order valence-corrected chi connectivity index (χ0v) is 24.9. The second-order valence-corrected chi connectivity index (χ2v) is 12.0. The molecule has 2 aliphatic heterocycles. The smallest absolute Gasteiger partial charge is 0.337 e. The van der Waals surface area contributed by atoms with Gasteiger partial charge in [0, 0.05) is 16.3 Å². The van der Waals surface area contributed by atoms with E-state index in [0.29, 0.717) is 45.4 Å². The Morgan fingerprint density at radius 2 is 1.72 bits per heavy atom. The van der Waals surface area contributed by atoms with E-state index in [2.05, 4.69) is 10.2 Å². The maximum Gasteiger partial charge on any atom is 0.337 e. The summed E-state index contributed by atoms with van der Waals surface area (Å²) in [5.41, 5.74) is 1.91. The Labute approximate surface area is 258 Å². The molecule has 0 saturated carbocycles. The highest BCUT2D eigenvalue weighted by Gasteiger charge is 2.48. The van der Waals surface area contributed by atoms with E-state index >= 15 is 0 Å². The molecule has 1 aromatic heterocycles. The molecule has 1 amide bonds. The number of methoxy groups -OCH3 is 1. The number of thioether (sulfide) groups is 1. The van der Waals surface area contributed by atoms with Crippen molar-refractivity contribution in [1.82, 2.24) is 10.2 Å². The third kappa shape index (κ3) is 5.68. The van der Waals surface area contributed by atoms with Gasteiger partial charge in [-0.25, -0.2) is 4.79 Å². The second-order valence-electron chi connectivity index (χ2n) is 9.41. The maximum atomic E-state index is 13.5. The van der Waals surface area contributed by atoms with Gasteiger partial charge < -0.3 is 19.3 Å². The Morgan fingerprint density at radius 1 is 1.02 bits per heavy atom. The lowest BCUT2D eigenvalue weighted by atomic mass is 9.94. The first kappa shape index (κ1) is 28.7. The van der Waals surface area contributed by atoms with Crippen molar-refractivity contribution >= 4 is 63.3 Å². The zero-order chi connectivity index (χ0) is 30.1. The first-order valence-electron chi connectivity index (χ1n) is 12.9. The number of aliphatic hydroxyl groups is 1. The molecule has 3 aromatic carbocycles. The molecule has 1 unspecified atom stereocenters. The molecule has 13 heteroatoms. The zero-order valence-electron chi connectivity index (χ0n) is 22.5. The molecule has 0 bridgehead atoms. The number of aromatic nitrogens is 2. The number of carbonyl (C=O) groups is 3. The highest BCUT2D eigenvalue weighted by Crippen LogP contribution is 2.45. The summed E-state index contributed by atoms with van der Waals surface area (Å²) >= 11 is 8.55. The number of halogens is 1. The van der Waals surface area contributed by atoms with Gasteiger partial charge in [0.15, 0.2) is 15.8 Å². The van der Waals surface area contributed by atoms with Gasteiger partial charge in [0.2, 0.25) is 5.13 Å². The molecule has 0 radical (unpaired) electrons. The van der Waals surface area contributed by atoms with E-state index in [1.54, 1.807) is 42.5 Å². The highest BCUT2D eigenvalue weighted by atomic mass is 35.5. The fourth-order valence-corrected chi connectivity index (χ4v) is 6.64. The van der Waals surface area contributed by atoms with Crippen LogP contribution in [0.25, 0.3) is 5.76 Å². The van der Waals surface area contributed by atoms with Crippen LogP contribution in [0.4, 0.5) is 5.13 Å². The number of hydrogen-bond acceptors (Lipinski definition) is 11. The third-order valence-electron chi connectivity index (χ3n) is 6.79. The number of ketones is 1. The molecule has 2 aliphatic rings. The number of anilines is 1. The number of ether oxygens (including phenoxy) is 3. The number of amides is 1. The number of esters is 1.